The minimum absolute atomic E-state index is 0.167. The molecule has 0 bridgehead atoms. The Morgan fingerprint density at radius 2 is 1.56 bits per heavy atom. The van der Waals surface area contributed by atoms with Gasteiger partial charge in [-0.2, -0.15) is 0 Å². The third kappa shape index (κ3) is 2.07. The predicted octanol–water partition coefficient (Wildman–Crippen LogP) is 4.58. The molecular formula is C15H20Cl2O. The Hall–Kier alpha value is -0.240. The van der Waals surface area contributed by atoms with Gasteiger partial charge in [0.15, 0.2) is 0 Å². The number of benzene rings is 1. The molecule has 0 aromatic heterocycles. The van der Waals surface area contributed by atoms with Crippen LogP contribution in [0.5, 0.6) is 0 Å². The molecule has 0 spiro atoms. The lowest BCUT2D eigenvalue weighted by atomic mass is 9.99. The lowest BCUT2D eigenvalue weighted by molar-refractivity contribution is 0.129. The Kier molecular flexibility index (Phi) is 3.46. The van der Waals surface area contributed by atoms with Crippen molar-refractivity contribution in [3.05, 3.63) is 33.8 Å². The molecule has 0 aliphatic heterocycles. The fourth-order valence-electron chi connectivity index (χ4n) is 3.26. The van der Waals surface area contributed by atoms with Crippen LogP contribution in [0.2, 0.25) is 10.0 Å². The van der Waals surface area contributed by atoms with Gasteiger partial charge in [0, 0.05) is 16.5 Å². The number of aliphatic hydroxyl groups is 1. The summed E-state index contributed by atoms with van der Waals surface area (Å²) >= 11 is 12.3. The van der Waals surface area contributed by atoms with Crippen LogP contribution in [0.15, 0.2) is 18.2 Å². The zero-order chi connectivity index (χ0) is 13.7. The molecule has 1 aromatic rings. The van der Waals surface area contributed by atoms with Crippen molar-refractivity contribution >= 4 is 23.2 Å². The van der Waals surface area contributed by atoms with E-state index in [-0.39, 0.29) is 16.7 Å². The first-order chi connectivity index (χ1) is 8.19. The minimum atomic E-state index is -0.396. The van der Waals surface area contributed by atoms with E-state index in [1.807, 2.05) is 18.2 Å². The molecular weight excluding hydrogens is 267 g/mol. The highest BCUT2D eigenvalue weighted by molar-refractivity contribution is 6.35. The van der Waals surface area contributed by atoms with Crippen LogP contribution in [0, 0.1) is 16.7 Å². The molecule has 1 N–H and O–H groups in total. The Labute approximate surface area is 119 Å². The molecule has 1 nitrogen and oxygen atoms in total. The quantitative estimate of drug-likeness (QED) is 0.862. The van der Waals surface area contributed by atoms with E-state index < -0.39 is 6.10 Å². The second kappa shape index (κ2) is 4.40. The molecule has 0 heterocycles. The van der Waals surface area contributed by atoms with E-state index in [9.17, 15) is 5.11 Å². The van der Waals surface area contributed by atoms with Gasteiger partial charge in [-0.25, -0.2) is 0 Å². The second-order valence-electron chi connectivity index (χ2n) is 6.39. The van der Waals surface area contributed by atoms with Crippen LogP contribution in [-0.4, -0.2) is 11.2 Å². The van der Waals surface area contributed by atoms with Gasteiger partial charge in [-0.05, 0) is 34.4 Å². The molecule has 1 saturated carbocycles. The van der Waals surface area contributed by atoms with Gasteiger partial charge in [-0.3, -0.25) is 0 Å². The summed E-state index contributed by atoms with van der Waals surface area (Å²) in [6.07, 6.45) is 0.128. The van der Waals surface area contributed by atoms with Crippen molar-refractivity contribution in [3.63, 3.8) is 0 Å². The SMILES string of the molecule is CC1(C)C(C(O)Cc2c(Cl)cccc2Cl)C1(C)C. The fraction of sp³-hybridized carbons (Fsp3) is 0.600. The molecule has 1 unspecified atom stereocenters. The van der Waals surface area contributed by atoms with E-state index in [0.29, 0.717) is 16.5 Å². The van der Waals surface area contributed by atoms with Crippen molar-refractivity contribution in [2.24, 2.45) is 16.7 Å². The largest absolute Gasteiger partial charge is 0.392 e. The first kappa shape index (κ1) is 14.2. The highest BCUT2D eigenvalue weighted by Crippen LogP contribution is 2.69. The van der Waals surface area contributed by atoms with Gasteiger partial charge in [0.25, 0.3) is 0 Å². The van der Waals surface area contributed by atoms with Crippen molar-refractivity contribution < 1.29 is 5.11 Å². The van der Waals surface area contributed by atoms with Crippen molar-refractivity contribution in [1.29, 1.82) is 0 Å². The van der Waals surface area contributed by atoms with Gasteiger partial charge >= 0.3 is 0 Å². The smallest absolute Gasteiger partial charge is 0.0620 e. The average molecular weight is 287 g/mol. The van der Waals surface area contributed by atoms with Crippen LogP contribution in [-0.2, 0) is 6.42 Å². The number of hydrogen-bond donors (Lipinski definition) is 1. The summed E-state index contributed by atoms with van der Waals surface area (Å²) in [7, 11) is 0. The first-order valence-electron chi connectivity index (χ1n) is 6.30. The molecule has 18 heavy (non-hydrogen) atoms. The van der Waals surface area contributed by atoms with Crippen LogP contribution in [0.25, 0.3) is 0 Å². The zero-order valence-corrected chi connectivity index (χ0v) is 12.8. The minimum Gasteiger partial charge on any atom is -0.392 e. The standard InChI is InChI=1S/C15H20Cl2O/c1-14(2)13(15(14,3)4)12(18)8-9-10(16)6-5-7-11(9)17/h5-7,12-13,18H,8H2,1-4H3. The molecule has 0 saturated heterocycles. The fourth-order valence-corrected chi connectivity index (χ4v) is 3.82. The predicted molar refractivity (Wildman–Crippen MR) is 77.2 cm³/mol. The van der Waals surface area contributed by atoms with Crippen molar-refractivity contribution in [2.45, 2.75) is 40.2 Å². The van der Waals surface area contributed by atoms with E-state index in [4.69, 9.17) is 23.2 Å². The van der Waals surface area contributed by atoms with Gasteiger partial charge in [-0.15, -0.1) is 0 Å². The molecule has 100 valence electrons. The molecule has 3 heteroatoms. The van der Waals surface area contributed by atoms with E-state index in [1.165, 1.54) is 0 Å². The number of hydrogen-bond acceptors (Lipinski definition) is 1. The summed E-state index contributed by atoms with van der Waals surface area (Å²) in [5.41, 5.74) is 1.19. The molecule has 1 atom stereocenters. The Morgan fingerprint density at radius 1 is 1.11 bits per heavy atom. The third-order valence-corrected chi connectivity index (χ3v) is 5.70. The van der Waals surface area contributed by atoms with Crippen LogP contribution >= 0.6 is 23.2 Å². The summed E-state index contributed by atoms with van der Waals surface area (Å²) in [6.45, 7) is 8.81. The van der Waals surface area contributed by atoms with E-state index in [2.05, 4.69) is 27.7 Å². The van der Waals surface area contributed by atoms with E-state index in [0.717, 1.165) is 5.56 Å². The van der Waals surface area contributed by atoms with Gasteiger partial charge in [-0.1, -0.05) is 57.0 Å². The summed E-state index contributed by atoms with van der Waals surface area (Å²) in [6, 6.07) is 5.46. The Morgan fingerprint density at radius 3 is 1.94 bits per heavy atom. The summed E-state index contributed by atoms with van der Waals surface area (Å²) in [4.78, 5) is 0. The lowest BCUT2D eigenvalue weighted by Gasteiger charge is -2.15. The molecule has 1 fully saturated rings. The van der Waals surface area contributed by atoms with Gasteiger partial charge < -0.3 is 5.11 Å². The van der Waals surface area contributed by atoms with Crippen molar-refractivity contribution in [1.82, 2.24) is 0 Å². The highest BCUT2D eigenvalue weighted by atomic mass is 35.5. The van der Waals surface area contributed by atoms with Crippen LogP contribution in [0.4, 0.5) is 0 Å². The summed E-state index contributed by atoms with van der Waals surface area (Å²) < 4.78 is 0. The van der Waals surface area contributed by atoms with Gasteiger partial charge in [0.1, 0.15) is 0 Å². The maximum atomic E-state index is 10.4. The molecule has 0 amide bonds. The molecule has 2 rings (SSSR count). The average Bonchev–Trinajstić information content (AvgIpc) is 2.63. The van der Waals surface area contributed by atoms with Crippen molar-refractivity contribution in [3.8, 4) is 0 Å². The zero-order valence-electron chi connectivity index (χ0n) is 11.3. The molecule has 0 radical (unpaired) electrons. The second-order valence-corrected chi connectivity index (χ2v) is 7.21. The Balaban J connectivity index is 2.17. The molecule has 1 aliphatic rings. The van der Waals surface area contributed by atoms with Crippen molar-refractivity contribution in [2.75, 3.05) is 0 Å². The van der Waals surface area contributed by atoms with Gasteiger partial charge in [0.2, 0.25) is 0 Å². The third-order valence-electron chi connectivity index (χ3n) is 4.99. The maximum absolute atomic E-state index is 10.4. The Bertz CT molecular complexity index is 431. The highest BCUT2D eigenvalue weighted by Gasteiger charge is 2.66. The molecule has 1 aliphatic carbocycles. The monoisotopic (exact) mass is 286 g/mol. The van der Waals surface area contributed by atoms with Crippen LogP contribution < -0.4 is 0 Å². The van der Waals surface area contributed by atoms with Gasteiger partial charge in [0.05, 0.1) is 6.10 Å². The van der Waals surface area contributed by atoms with Crippen LogP contribution in [0.1, 0.15) is 33.3 Å². The van der Waals surface area contributed by atoms with E-state index >= 15 is 0 Å². The van der Waals surface area contributed by atoms with E-state index in [1.54, 1.807) is 0 Å². The molecule has 1 aromatic carbocycles. The first-order valence-corrected chi connectivity index (χ1v) is 7.06. The number of aliphatic hydroxyl groups excluding tert-OH is 1. The lowest BCUT2D eigenvalue weighted by Crippen LogP contribution is -2.18. The summed E-state index contributed by atoms with van der Waals surface area (Å²) in [5, 5.41) is 11.7. The maximum Gasteiger partial charge on any atom is 0.0620 e. The number of rotatable bonds is 3. The normalized spacial score (nSPS) is 22.8. The topological polar surface area (TPSA) is 20.2 Å². The van der Waals surface area contributed by atoms with Crippen LogP contribution in [0.3, 0.4) is 0 Å². The number of halogens is 2. The summed E-state index contributed by atoms with van der Waals surface area (Å²) in [5.74, 6) is 0.289.